The zero-order chi connectivity index (χ0) is 15.8. The smallest absolute Gasteiger partial charge is 0.323 e. The zero-order valence-corrected chi connectivity index (χ0v) is 12.7. The Morgan fingerprint density at radius 1 is 1.57 bits per heavy atom. The normalized spacial score (nSPS) is 21.9. The van der Waals surface area contributed by atoms with Crippen LogP contribution in [0.5, 0.6) is 0 Å². The van der Waals surface area contributed by atoms with Crippen LogP contribution in [-0.2, 0) is 9.53 Å². The monoisotopic (exact) mass is 294 g/mol. The second-order valence-electron chi connectivity index (χ2n) is 5.27. The van der Waals surface area contributed by atoms with E-state index in [0.717, 1.165) is 24.8 Å². The standard InChI is InChI=1S/C15H26N4O2/c1-3-11-9-12(7-6-10(11)2)21-14(20)13(16)5-4-8-19-15(17)18/h3,12-13H,2,4-9,16H2,1H3,(H4,17,18,19)/b11-3-/t12-,13?/m0/s1. The van der Waals surface area contributed by atoms with E-state index >= 15 is 0 Å². The van der Waals surface area contributed by atoms with Gasteiger partial charge in [0, 0.05) is 13.0 Å². The Bertz CT molecular complexity index is 439. The van der Waals surface area contributed by atoms with Crippen molar-refractivity contribution in [3.05, 3.63) is 23.8 Å². The van der Waals surface area contributed by atoms with Crippen LogP contribution >= 0.6 is 0 Å². The molecule has 0 heterocycles. The number of esters is 1. The number of rotatable bonds is 6. The van der Waals surface area contributed by atoms with E-state index in [1.165, 1.54) is 5.57 Å². The fraction of sp³-hybridized carbons (Fsp3) is 0.600. The van der Waals surface area contributed by atoms with E-state index in [2.05, 4.69) is 11.6 Å². The van der Waals surface area contributed by atoms with Crippen molar-refractivity contribution in [2.24, 2.45) is 22.2 Å². The van der Waals surface area contributed by atoms with Crippen LogP contribution in [-0.4, -0.2) is 30.6 Å². The number of hydrogen-bond donors (Lipinski definition) is 3. The van der Waals surface area contributed by atoms with Gasteiger partial charge in [-0.25, -0.2) is 0 Å². The summed E-state index contributed by atoms with van der Waals surface area (Å²) in [5.74, 6) is -0.305. The minimum absolute atomic E-state index is 0.0486. The summed E-state index contributed by atoms with van der Waals surface area (Å²) in [6.07, 6.45) is 5.47. The van der Waals surface area contributed by atoms with E-state index in [1.807, 2.05) is 13.0 Å². The SMILES string of the molecule is C=C1CC[C@H](OC(=O)C(N)CCCN=C(N)N)C/C1=C/C. The lowest BCUT2D eigenvalue weighted by Gasteiger charge is -2.27. The van der Waals surface area contributed by atoms with Crippen molar-refractivity contribution in [1.29, 1.82) is 0 Å². The molecular weight excluding hydrogens is 268 g/mol. The molecule has 1 aliphatic carbocycles. The van der Waals surface area contributed by atoms with Crippen LogP contribution in [0.4, 0.5) is 0 Å². The molecular formula is C15H26N4O2. The molecule has 0 amide bonds. The molecule has 118 valence electrons. The van der Waals surface area contributed by atoms with Crippen LogP contribution in [0.3, 0.4) is 0 Å². The zero-order valence-electron chi connectivity index (χ0n) is 12.7. The largest absolute Gasteiger partial charge is 0.461 e. The predicted molar refractivity (Wildman–Crippen MR) is 84.5 cm³/mol. The molecule has 0 aromatic rings. The highest BCUT2D eigenvalue weighted by atomic mass is 16.5. The number of ether oxygens (including phenoxy) is 1. The molecule has 0 bridgehead atoms. The first-order chi connectivity index (χ1) is 9.93. The highest BCUT2D eigenvalue weighted by molar-refractivity contribution is 5.76. The summed E-state index contributed by atoms with van der Waals surface area (Å²) in [7, 11) is 0. The summed E-state index contributed by atoms with van der Waals surface area (Å²) >= 11 is 0. The fourth-order valence-corrected chi connectivity index (χ4v) is 2.30. The van der Waals surface area contributed by atoms with E-state index < -0.39 is 6.04 Å². The Labute approximate surface area is 126 Å². The van der Waals surface area contributed by atoms with Crippen molar-refractivity contribution in [2.75, 3.05) is 6.54 Å². The summed E-state index contributed by atoms with van der Waals surface area (Å²) < 4.78 is 5.48. The molecule has 0 radical (unpaired) electrons. The van der Waals surface area contributed by atoms with Gasteiger partial charge in [0.05, 0.1) is 0 Å². The van der Waals surface area contributed by atoms with Gasteiger partial charge in [0.25, 0.3) is 0 Å². The quantitative estimate of drug-likeness (QED) is 0.292. The van der Waals surface area contributed by atoms with Gasteiger partial charge in [-0.1, -0.05) is 18.2 Å². The number of hydrogen-bond acceptors (Lipinski definition) is 4. The molecule has 2 atom stereocenters. The lowest BCUT2D eigenvalue weighted by Crippen LogP contribution is -2.36. The van der Waals surface area contributed by atoms with Crippen LogP contribution in [0.15, 0.2) is 28.8 Å². The predicted octanol–water partition coefficient (Wildman–Crippen LogP) is 0.966. The van der Waals surface area contributed by atoms with Gasteiger partial charge in [-0.05, 0) is 38.2 Å². The summed E-state index contributed by atoms with van der Waals surface area (Å²) in [5, 5.41) is 0. The lowest BCUT2D eigenvalue weighted by atomic mass is 9.88. The molecule has 0 aliphatic heterocycles. The number of allylic oxidation sites excluding steroid dienone is 2. The van der Waals surface area contributed by atoms with Crippen molar-refractivity contribution in [1.82, 2.24) is 0 Å². The van der Waals surface area contributed by atoms with E-state index in [9.17, 15) is 4.79 Å². The van der Waals surface area contributed by atoms with Gasteiger partial charge in [0.15, 0.2) is 5.96 Å². The Hall–Kier alpha value is -1.82. The van der Waals surface area contributed by atoms with Gasteiger partial charge >= 0.3 is 5.97 Å². The van der Waals surface area contributed by atoms with Crippen molar-refractivity contribution in [2.45, 2.75) is 51.2 Å². The number of guanidine groups is 1. The van der Waals surface area contributed by atoms with Gasteiger partial charge in [-0.15, -0.1) is 0 Å². The Morgan fingerprint density at radius 2 is 2.29 bits per heavy atom. The molecule has 6 heteroatoms. The van der Waals surface area contributed by atoms with Gasteiger partial charge in [0.2, 0.25) is 0 Å². The lowest BCUT2D eigenvalue weighted by molar-refractivity contribution is -0.151. The second-order valence-corrected chi connectivity index (χ2v) is 5.27. The Balaban J connectivity index is 2.35. The molecule has 1 aliphatic rings. The molecule has 6 nitrogen and oxygen atoms in total. The van der Waals surface area contributed by atoms with Gasteiger partial charge < -0.3 is 21.9 Å². The number of nitrogens with two attached hydrogens (primary N) is 3. The molecule has 0 saturated heterocycles. The first-order valence-corrected chi connectivity index (χ1v) is 7.28. The van der Waals surface area contributed by atoms with E-state index in [-0.39, 0.29) is 18.0 Å². The van der Waals surface area contributed by atoms with Crippen molar-refractivity contribution < 1.29 is 9.53 Å². The van der Waals surface area contributed by atoms with E-state index in [0.29, 0.717) is 19.4 Å². The maximum absolute atomic E-state index is 11.9. The third kappa shape index (κ3) is 5.99. The molecule has 21 heavy (non-hydrogen) atoms. The average Bonchev–Trinajstić information content (AvgIpc) is 2.45. The highest BCUT2D eigenvalue weighted by Crippen LogP contribution is 2.29. The third-order valence-corrected chi connectivity index (χ3v) is 3.57. The summed E-state index contributed by atoms with van der Waals surface area (Å²) in [6.45, 7) is 6.45. The van der Waals surface area contributed by atoms with Crippen molar-refractivity contribution in [3.63, 3.8) is 0 Å². The molecule has 0 aromatic carbocycles. The Kier molecular flexibility index (Phi) is 6.94. The minimum Gasteiger partial charge on any atom is -0.461 e. The molecule has 0 spiro atoms. The van der Waals surface area contributed by atoms with E-state index in [4.69, 9.17) is 21.9 Å². The molecule has 1 fully saturated rings. The van der Waals surface area contributed by atoms with Crippen LogP contribution in [0.25, 0.3) is 0 Å². The minimum atomic E-state index is -0.626. The van der Waals surface area contributed by atoms with Gasteiger partial charge in [-0.3, -0.25) is 9.79 Å². The van der Waals surface area contributed by atoms with Gasteiger partial charge in [-0.2, -0.15) is 0 Å². The van der Waals surface area contributed by atoms with Crippen LogP contribution in [0, 0.1) is 0 Å². The van der Waals surface area contributed by atoms with Crippen molar-refractivity contribution in [3.8, 4) is 0 Å². The first-order valence-electron chi connectivity index (χ1n) is 7.28. The summed E-state index contributed by atoms with van der Waals surface area (Å²) in [4.78, 5) is 15.8. The van der Waals surface area contributed by atoms with E-state index in [1.54, 1.807) is 0 Å². The van der Waals surface area contributed by atoms with Crippen molar-refractivity contribution >= 4 is 11.9 Å². The molecule has 1 saturated carbocycles. The maximum atomic E-state index is 11.9. The Morgan fingerprint density at radius 3 is 2.90 bits per heavy atom. The van der Waals surface area contributed by atoms with Gasteiger partial charge in [0.1, 0.15) is 12.1 Å². The second kappa shape index (κ2) is 8.46. The highest BCUT2D eigenvalue weighted by Gasteiger charge is 2.24. The fourth-order valence-electron chi connectivity index (χ4n) is 2.30. The molecule has 6 N–H and O–H groups in total. The van der Waals surface area contributed by atoms with Crippen LogP contribution in [0.2, 0.25) is 0 Å². The number of nitrogens with zero attached hydrogens (tertiary/aromatic N) is 1. The molecule has 0 aromatic heterocycles. The average molecular weight is 294 g/mol. The number of carbonyl (C=O) groups excluding carboxylic acids is 1. The summed E-state index contributed by atoms with van der Waals surface area (Å²) in [5.41, 5.74) is 18.6. The molecule has 1 unspecified atom stereocenters. The maximum Gasteiger partial charge on any atom is 0.323 e. The first kappa shape index (κ1) is 17.2. The molecule has 1 rings (SSSR count). The third-order valence-electron chi connectivity index (χ3n) is 3.57. The number of carbonyl (C=O) groups is 1. The van der Waals surface area contributed by atoms with Crippen LogP contribution < -0.4 is 17.2 Å². The topological polar surface area (TPSA) is 117 Å². The summed E-state index contributed by atoms with van der Waals surface area (Å²) in [6, 6.07) is -0.626. The van der Waals surface area contributed by atoms with Crippen LogP contribution in [0.1, 0.15) is 39.0 Å². The number of aliphatic imine (C=N–C) groups is 1.